The smallest absolute Gasteiger partial charge is 0.235 e. The number of nitrogens with zero attached hydrogens (tertiary/aromatic N) is 4. The molecular weight excluding hydrogens is 280 g/mol. The van der Waals surface area contributed by atoms with Crippen molar-refractivity contribution in [2.75, 3.05) is 19.7 Å². The molecule has 3 heterocycles. The highest BCUT2D eigenvalue weighted by Crippen LogP contribution is 2.21. The minimum atomic E-state index is 0.578. The van der Waals surface area contributed by atoms with E-state index < -0.39 is 0 Å². The van der Waals surface area contributed by atoms with E-state index in [0.29, 0.717) is 11.8 Å². The molecule has 0 unspecified atom stereocenters. The molecule has 1 saturated heterocycles. The molecular formula is C16H22N4O2. The van der Waals surface area contributed by atoms with Crippen molar-refractivity contribution in [3.63, 3.8) is 0 Å². The summed E-state index contributed by atoms with van der Waals surface area (Å²) in [6, 6.07) is 2.01. The van der Waals surface area contributed by atoms with Gasteiger partial charge in [-0.3, -0.25) is 9.88 Å². The van der Waals surface area contributed by atoms with Crippen LogP contribution in [-0.2, 0) is 6.54 Å². The van der Waals surface area contributed by atoms with Gasteiger partial charge >= 0.3 is 0 Å². The molecule has 0 atom stereocenters. The molecule has 1 fully saturated rings. The van der Waals surface area contributed by atoms with E-state index >= 15 is 0 Å². The van der Waals surface area contributed by atoms with Crippen LogP contribution in [0.2, 0.25) is 0 Å². The largest absolute Gasteiger partial charge is 0.476 e. The van der Waals surface area contributed by atoms with Gasteiger partial charge in [-0.2, -0.15) is 0 Å². The first kappa shape index (κ1) is 15.0. The summed E-state index contributed by atoms with van der Waals surface area (Å²) in [6.45, 7) is 7.56. The standard InChI is InChI=1S/C16H22N4O2/c1-12-9-15(22-19-12)10-20-7-3-14(4-8-20)11-21-16-13(2)17-5-6-18-16/h5-6,9,14H,3-4,7-8,10-11H2,1-2H3. The third-order valence-corrected chi connectivity index (χ3v) is 4.06. The molecule has 0 aliphatic carbocycles. The first-order valence-corrected chi connectivity index (χ1v) is 7.75. The summed E-state index contributed by atoms with van der Waals surface area (Å²) >= 11 is 0. The zero-order chi connectivity index (χ0) is 15.4. The Balaban J connectivity index is 1.43. The highest BCUT2D eigenvalue weighted by Gasteiger charge is 2.21. The third-order valence-electron chi connectivity index (χ3n) is 4.06. The van der Waals surface area contributed by atoms with Gasteiger partial charge in [-0.15, -0.1) is 0 Å². The number of likely N-dealkylation sites (tertiary alicyclic amines) is 1. The summed E-state index contributed by atoms with van der Waals surface area (Å²) in [5.74, 6) is 2.18. The summed E-state index contributed by atoms with van der Waals surface area (Å²) in [7, 11) is 0. The zero-order valence-electron chi connectivity index (χ0n) is 13.2. The quantitative estimate of drug-likeness (QED) is 0.845. The predicted octanol–water partition coefficient (Wildman–Crippen LogP) is 2.37. The zero-order valence-corrected chi connectivity index (χ0v) is 13.2. The molecule has 0 spiro atoms. The molecule has 1 aliphatic heterocycles. The number of hydrogen-bond donors (Lipinski definition) is 0. The fraction of sp³-hybridized carbons (Fsp3) is 0.562. The lowest BCUT2D eigenvalue weighted by atomic mass is 9.98. The Morgan fingerprint density at radius 3 is 2.68 bits per heavy atom. The lowest BCUT2D eigenvalue weighted by Crippen LogP contribution is -2.35. The van der Waals surface area contributed by atoms with Gasteiger partial charge in [0.15, 0.2) is 5.76 Å². The van der Waals surface area contributed by atoms with E-state index in [1.165, 1.54) is 0 Å². The van der Waals surface area contributed by atoms with Crippen LogP contribution in [0.3, 0.4) is 0 Å². The molecule has 0 saturated carbocycles. The Morgan fingerprint density at radius 2 is 2.00 bits per heavy atom. The number of piperidine rings is 1. The number of hydrogen-bond acceptors (Lipinski definition) is 6. The van der Waals surface area contributed by atoms with Crippen LogP contribution in [0.4, 0.5) is 0 Å². The topological polar surface area (TPSA) is 64.3 Å². The van der Waals surface area contributed by atoms with Crippen LogP contribution in [0.15, 0.2) is 23.0 Å². The van der Waals surface area contributed by atoms with E-state index in [1.54, 1.807) is 12.4 Å². The van der Waals surface area contributed by atoms with Crippen molar-refractivity contribution in [1.82, 2.24) is 20.0 Å². The van der Waals surface area contributed by atoms with Crippen molar-refractivity contribution < 1.29 is 9.26 Å². The van der Waals surface area contributed by atoms with Crippen molar-refractivity contribution in [2.24, 2.45) is 5.92 Å². The fourth-order valence-corrected chi connectivity index (χ4v) is 2.76. The summed E-state index contributed by atoms with van der Waals surface area (Å²) in [5.41, 5.74) is 1.79. The van der Waals surface area contributed by atoms with E-state index in [1.807, 2.05) is 19.9 Å². The highest BCUT2D eigenvalue weighted by atomic mass is 16.5. The molecule has 6 heteroatoms. The van der Waals surface area contributed by atoms with Gasteiger partial charge in [0.2, 0.25) is 5.88 Å². The summed E-state index contributed by atoms with van der Waals surface area (Å²) in [6.07, 6.45) is 5.62. The van der Waals surface area contributed by atoms with Crippen molar-refractivity contribution in [3.8, 4) is 5.88 Å². The molecule has 0 radical (unpaired) electrons. The Morgan fingerprint density at radius 1 is 1.23 bits per heavy atom. The average Bonchev–Trinajstić information content (AvgIpc) is 2.93. The van der Waals surface area contributed by atoms with E-state index in [2.05, 4.69) is 20.0 Å². The van der Waals surface area contributed by atoms with Crippen LogP contribution < -0.4 is 4.74 Å². The van der Waals surface area contributed by atoms with Crippen LogP contribution in [0.5, 0.6) is 5.88 Å². The van der Waals surface area contributed by atoms with Crippen molar-refractivity contribution >= 4 is 0 Å². The Hall–Kier alpha value is -1.95. The van der Waals surface area contributed by atoms with Crippen LogP contribution in [0, 0.1) is 19.8 Å². The molecule has 2 aromatic heterocycles. The van der Waals surface area contributed by atoms with Crippen LogP contribution in [0.25, 0.3) is 0 Å². The molecule has 3 rings (SSSR count). The van der Waals surface area contributed by atoms with Crippen LogP contribution in [-0.4, -0.2) is 39.7 Å². The summed E-state index contributed by atoms with van der Waals surface area (Å²) in [4.78, 5) is 10.8. The van der Waals surface area contributed by atoms with Gasteiger partial charge in [0, 0.05) is 18.5 Å². The molecule has 6 nitrogen and oxygen atoms in total. The number of ether oxygens (including phenoxy) is 1. The first-order chi connectivity index (χ1) is 10.7. The Labute approximate surface area is 130 Å². The van der Waals surface area contributed by atoms with Gasteiger partial charge in [-0.05, 0) is 45.7 Å². The van der Waals surface area contributed by atoms with E-state index in [4.69, 9.17) is 9.26 Å². The molecule has 0 bridgehead atoms. The second kappa shape index (κ2) is 6.87. The molecule has 0 amide bonds. The van der Waals surface area contributed by atoms with Crippen molar-refractivity contribution in [3.05, 3.63) is 35.6 Å². The van der Waals surface area contributed by atoms with E-state index in [-0.39, 0.29) is 0 Å². The normalized spacial score (nSPS) is 16.8. The first-order valence-electron chi connectivity index (χ1n) is 7.75. The molecule has 2 aromatic rings. The lowest BCUT2D eigenvalue weighted by Gasteiger charge is -2.30. The third kappa shape index (κ3) is 3.82. The van der Waals surface area contributed by atoms with Gasteiger partial charge in [0.1, 0.15) is 0 Å². The number of rotatable bonds is 5. The molecule has 0 aromatic carbocycles. The van der Waals surface area contributed by atoms with Crippen LogP contribution in [0.1, 0.15) is 30.0 Å². The van der Waals surface area contributed by atoms with E-state index in [9.17, 15) is 0 Å². The van der Waals surface area contributed by atoms with Crippen LogP contribution >= 0.6 is 0 Å². The minimum absolute atomic E-state index is 0.578. The Kier molecular flexibility index (Phi) is 4.68. The minimum Gasteiger partial charge on any atom is -0.476 e. The fourth-order valence-electron chi connectivity index (χ4n) is 2.76. The second-order valence-corrected chi connectivity index (χ2v) is 5.91. The molecule has 1 aliphatic rings. The molecule has 0 N–H and O–H groups in total. The van der Waals surface area contributed by atoms with Gasteiger partial charge in [-0.1, -0.05) is 5.16 Å². The van der Waals surface area contributed by atoms with Crippen molar-refractivity contribution in [1.29, 1.82) is 0 Å². The SMILES string of the molecule is Cc1cc(CN2CCC(COc3nccnc3C)CC2)on1. The predicted molar refractivity (Wildman–Crippen MR) is 81.5 cm³/mol. The summed E-state index contributed by atoms with van der Waals surface area (Å²) in [5, 5.41) is 3.93. The number of aryl methyl sites for hydroxylation is 2. The summed E-state index contributed by atoms with van der Waals surface area (Å²) < 4.78 is 11.1. The molecule has 118 valence electrons. The van der Waals surface area contributed by atoms with Gasteiger partial charge in [-0.25, -0.2) is 4.98 Å². The monoisotopic (exact) mass is 302 g/mol. The lowest BCUT2D eigenvalue weighted by molar-refractivity contribution is 0.126. The highest BCUT2D eigenvalue weighted by molar-refractivity contribution is 5.14. The van der Waals surface area contributed by atoms with Crippen molar-refractivity contribution in [2.45, 2.75) is 33.2 Å². The average molecular weight is 302 g/mol. The van der Waals surface area contributed by atoms with E-state index in [0.717, 1.165) is 56.2 Å². The maximum absolute atomic E-state index is 5.81. The second-order valence-electron chi connectivity index (χ2n) is 5.91. The number of aromatic nitrogens is 3. The maximum atomic E-state index is 5.81. The van der Waals surface area contributed by atoms with Gasteiger partial charge in [0.25, 0.3) is 0 Å². The molecule has 22 heavy (non-hydrogen) atoms. The van der Waals surface area contributed by atoms with Gasteiger partial charge < -0.3 is 9.26 Å². The maximum Gasteiger partial charge on any atom is 0.235 e. The van der Waals surface area contributed by atoms with Gasteiger partial charge in [0.05, 0.1) is 24.5 Å². The Bertz CT molecular complexity index is 606.